The first-order valence-corrected chi connectivity index (χ1v) is 10.2. The van der Waals surface area contributed by atoms with Gasteiger partial charge in [0, 0.05) is 24.2 Å². The van der Waals surface area contributed by atoms with Crippen molar-refractivity contribution in [3.63, 3.8) is 0 Å². The van der Waals surface area contributed by atoms with Crippen molar-refractivity contribution in [2.24, 2.45) is 0 Å². The fraction of sp³-hybridized carbons (Fsp3) is 0.182. The zero-order valence-electron chi connectivity index (χ0n) is 16.2. The monoisotopic (exact) mass is 408 g/mol. The molecule has 0 radical (unpaired) electrons. The third-order valence-corrected chi connectivity index (χ3v) is 5.27. The van der Waals surface area contributed by atoms with E-state index in [-0.39, 0.29) is 6.54 Å². The molecule has 150 valence electrons. The van der Waals surface area contributed by atoms with Crippen LogP contribution in [0.15, 0.2) is 72.1 Å². The Morgan fingerprint density at radius 2 is 1.72 bits per heavy atom. The highest BCUT2D eigenvalue weighted by Crippen LogP contribution is 2.30. The molecule has 0 fully saturated rings. The Hall–Kier alpha value is -3.32. The zero-order valence-corrected chi connectivity index (χ0v) is 17.0. The highest BCUT2D eigenvalue weighted by molar-refractivity contribution is 7.09. The fourth-order valence-corrected chi connectivity index (χ4v) is 3.56. The maximum absolute atomic E-state index is 12.1. The highest BCUT2D eigenvalue weighted by atomic mass is 32.1. The van der Waals surface area contributed by atoms with Gasteiger partial charge in [-0.2, -0.15) is 0 Å². The lowest BCUT2D eigenvalue weighted by Crippen LogP contribution is -2.42. The first-order chi connectivity index (χ1) is 14.1. The number of anilines is 3. The summed E-state index contributed by atoms with van der Waals surface area (Å²) in [6, 6.07) is 21.2. The predicted octanol–water partition coefficient (Wildman–Crippen LogP) is 4.00. The number of para-hydroxylation sites is 3. The Morgan fingerprint density at radius 3 is 2.48 bits per heavy atom. The summed E-state index contributed by atoms with van der Waals surface area (Å²) in [5.74, 6) is -0.393. The standard InChI is InChI=1S/C22H24N4O2S/c1-26(17-8-3-2-4-9-17)20-12-6-5-11-19(20)24-16-21(27)25-22(28)23-14-13-18-10-7-15-29-18/h2-12,15,24H,13-14,16H2,1H3,(H2,23,25,27,28). The summed E-state index contributed by atoms with van der Waals surface area (Å²) >= 11 is 1.64. The minimum absolute atomic E-state index is 0.00200. The van der Waals surface area contributed by atoms with Crippen LogP contribution in [0.1, 0.15) is 4.88 Å². The van der Waals surface area contributed by atoms with Crippen LogP contribution in [0.3, 0.4) is 0 Å². The van der Waals surface area contributed by atoms with Gasteiger partial charge in [0.25, 0.3) is 0 Å². The van der Waals surface area contributed by atoms with Crippen molar-refractivity contribution < 1.29 is 9.59 Å². The van der Waals surface area contributed by atoms with E-state index in [0.717, 1.165) is 23.5 Å². The lowest BCUT2D eigenvalue weighted by Gasteiger charge is -2.23. The van der Waals surface area contributed by atoms with Crippen LogP contribution < -0.4 is 20.9 Å². The fourth-order valence-electron chi connectivity index (χ4n) is 2.85. The first kappa shape index (κ1) is 20.4. The average molecular weight is 409 g/mol. The van der Waals surface area contributed by atoms with Gasteiger partial charge in [-0.25, -0.2) is 4.79 Å². The molecule has 6 nitrogen and oxygen atoms in total. The molecule has 29 heavy (non-hydrogen) atoms. The second-order valence-corrected chi connectivity index (χ2v) is 7.43. The number of hydrogen-bond acceptors (Lipinski definition) is 5. The largest absolute Gasteiger partial charge is 0.374 e. The van der Waals surface area contributed by atoms with Gasteiger partial charge < -0.3 is 15.5 Å². The van der Waals surface area contributed by atoms with Crippen molar-refractivity contribution >= 4 is 40.3 Å². The van der Waals surface area contributed by atoms with Gasteiger partial charge in [0.05, 0.1) is 17.9 Å². The van der Waals surface area contributed by atoms with Gasteiger partial charge >= 0.3 is 6.03 Å². The van der Waals surface area contributed by atoms with Crippen LogP contribution in [-0.2, 0) is 11.2 Å². The van der Waals surface area contributed by atoms with E-state index < -0.39 is 11.9 Å². The SMILES string of the molecule is CN(c1ccccc1)c1ccccc1NCC(=O)NC(=O)NCCc1cccs1. The van der Waals surface area contributed by atoms with Crippen LogP contribution in [0.4, 0.5) is 21.9 Å². The van der Waals surface area contributed by atoms with E-state index >= 15 is 0 Å². The maximum Gasteiger partial charge on any atom is 0.321 e. The van der Waals surface area contributed by atoms with E-state index in [9.17, 15) is 9.59 Å². The Kier molecular flexibility index (Phi) is 7.24. The van der Waals surface area contributed by atoms with E-state index in [2.05, 4.69) is 16.0 Å². The van der Waals surface area contributed by atoms with Gasteiger partial charge in [-0.1, -0.05) is 36.4 Å². The summed E-state index contributed by atoms with van der Waals surface area (Å²) in [7, 11) is 1.97. The molecule has 0 aliphatic carbocycles. The predicted molar refractivity (Wildman–Crippen MR) is 119 cm³/mol. The summed E-state index contributed by atoms with van der Waals surface area (Å²) in [4.78, 5) is 27.2. The summed E-state index contributed by atoms with van der Waals surface area (Å²) in [5.41, 5.74) is 2.79. The zero-order chi connectivity index (χ0) is 20.5. The molecule has 3 N–H and O–H groups in total. The van der Waals surface area contributed by atoms with E-state index in [1.165, 1.54) is 4.88 Å². The minimum Gasteiger partial charge on any atom is -0.374 e. The average Bonchev–Trinajstić information content (AvgIpc) is 3.26. The number of thiophene rings is 1. The molecule has 0 bridgehead atoms. The molecule has 2 aromatic carbocycles. The molecule has 0 aliphatic heterocycles. The molecule has 0 atom stereocenters. The lowest BCUT2D eigenvalue weighted by molar-refractivity contribution is -0.118. The Balaban J connectivity index is 1.49. The van der Waals surface area contributed by atoms with Crippen molar-refractivity contribution in [1.29, 1.82) is 0 Å². The molecule has 3 rings (SSSR count). The van der Waals surface area contributed by atoms with E-state index in [1.807, 2.05) is 84.1 Å². The summed E-state index contributed by atoms with van der Waals surface area (Å²) < 4.78 is 0. The number of hydrogen-bond donors (Lipinski definition) is 3. The van der Waals surface area contributed by atoms with E-state index in [0.29, 0.717) is 6.54 Å². The molecule has 0 saturated heterocycles. The van der Waals surface area contributed by atoms with Crippen molar-refractivity contribution in [3.05, 3.63) is 77.0 Å². The second kappa shape index (κ2) is 10.3. The van der Waals surface area contributed by atoms with Crippen molar-refractivity contribution in [2.45, 2.75) is 6.42 Å². The van der Waals surface area contributed by atoms with Gasteiger partial charge in [0.2, 0.25) is 5.91 Å². The molecule has 0 aliphatic rings. The molecule has 1 aromatic heterocycles. The van der Waals surface area contributed by atoms with Crippen LogP contribution >= 0.6 is 11.3 Å². The maximum atomic E-state index is 12.1. The normalized spacial score (nSPS) is 10.2. The number of carbonyl (C=O) groups is 2. The van der Waals surface area contributed by atoms with Gasteiger partial charge in [-0.15, -0.1) is 11.3 Å². The van der Waals surface area contributed by atoms with Crippen LogP contribution in [0.2, 0.25) is 0 Å². The Labute approximate surface area is 174 Å². The highest BCUT2D eigenvalue weighted by Gasteiger charge is 2.11. The quantitative estimate of drug-likeness (QED) is 0.527. The summed E-state index contributed by atoms with van der Waals surface area (Å²) in [6.07, 6.45) is 0.747. The first-order valence-electron chi connectivity index (χ1n) is 9.35. The molecular formula is C22H24N4O2S. The van der Waals surface area contributed by atoms with Crippen molar-refractivity contribution in [3.8, 4) is 0 Å². The van der Waals surface area contributed by atoms with Crippen LogP contribution in [0, 0.1) is 0 Å². The number of urea groups is 1. The number of benzene rings is 2. The number of nitrogens with zero attached hydrogens (tertiary/aromatic N) is 1. The van der Waals surface area contributed by atoms with Gasteiger partial charge in [-0.05, 0) is 42.1 Å². The number of rotatable bonds is 8. The van der Waals surface area contributed by atoms with Crippen molar-refractivity contribution in [1.82, 2.24) is 10.6 Å². The third-order valence-electron chi connectivity index (χ3n) is 4.34. The number of amides is 3. The molecule has 0 unspecified atom stereocenters. The van der Waals surface area contributed by atoms with E-state index in [4.69, 9.17) is 0 Å². The number of nitrogens with one attached hydrogen (secondary N) is 3. The molecule has 3 amide bonds. The topological polar surface area (TPSA) is 73.5 Å². The Bertz CT molecular complexity index is 929. The van der Waals surface area contributed by atoms with Crippen LogP contribution in [0.5, 0.6) is 0 Å². The summed E-state index contributed by atoms with van der Waals surface area (Å²) in [6.45, 7) is 0.482. The molecule has 3 aromatic rings. The van der Waals surface area contributed by atoms with Crippen LogP contribution in [0.25, 0.3) is 0 Å². The van der Waals surface area contributed by atoms with Gasteiger partial charge in [-0.3, -0.25) is 10.1 Å². The Morgan fingerprint density at radius 1 is 0.966 bits per heavy atom. The molecular weight excluding hydrogens is 384 g/mol. The summed E-state index contributed by atoms with van der Waals surface area (Å²) in [5, 5.41) is 10.2. The second-order valence-electron chi connectivity index (χ2n) is 6.40. The number of imide groups is 1. The third kappa shape index (κ3) is 6.08. The molecule has 7 heteroatoms. The van der Waals surface area contributed by atoms with Gasteiger partial charge in [0.1, 0.15) is 0 Å². The lowest BCUT2D eigenvalue weighted by atomic mass is 10.2. The molecule has 0 spiro atoms. The van der Waals surface area contributed by atoms with Gasteiger partial charge in [0.15, 0.2) is 0 Å². The van der Waals surface area contributed by atoms with Crippen molar-refractivity contribution in [2.75, 3.05) is 30.4 Å². The minimum atomic E-state index is -0.483. The smallest absolute Gasteiger partial charge is 0.321 e. The van der Waals surface area contributed by atoms with Crippen LogP contribution in [-0.4, -0.2) is 32.1 Å². The molecule has 0 saturated carbocycles. The number of carbonyl (C=O) groups excluding carboxylic acids is 2. The van der Waals surface area contributed by atoms with E-state index in [1.54, 1.807) is 11.3 Å². The molecule has 1 heterocycles.